The summed E-state index contributed by atoms with van der Waals surface area (Å²) in [5.74, 6) is 1.63. The van der Waals surface area contributed by atoms with Gasteiger partial charge in [-0.15, -0.1) is 10.2 Å². The predicted octanol–water partition coefficient (Wildman–Crippen LogP) is 5.32. The first-order valence-electron chi connectivity index (χ1n) is 8.63. The highest BCUT2D eigenvalue weighted by Gasteiger charge is 2.18. The molecule has 0 aliphatic heterocycles. The van der Waals surface area contributed by atoms with Crippen molar-refractivity contribution in [1.29, 1.82) is 0 Å². The molecule has 4 rings (SSSR count). The first-order valence-corrected chi connectivity index (χ1v) is 10.4. The molecular weight excluding hydrogens is 438 g/mol. The number of rotatable bonds is 7. The Morgan fingerprint density at radius 2 is 1.79 bits per heavy atom. The zero-order chi connectivity index (χ0) is 19.3. The van der Waals surface area contributed by atoms with Crippen molar-refractivity contribution in [2.24, 2.45) is 0 Å². The molecule has 5 nitrogen and oxygen atoms in total. The van der Waals surface area contributed by atoms with E-state index in [0.717, 1.165) is 10.0 Å². The molecule has 140 valence electrons. The van der Waals surface area contributed by atoms with Crippen LogP contribution in [0.1, 0.15) is 15.9 Å². The Hall–Kier alpha value is -2.64. The lowest BCUT2D eigenvalue weighted by molar-refractivity contribution is 0.102. The number of thioether (sulfide) groups is 1. The molecule has 0 radical (unpaired) electrons. The van der Waals surface area contributed by atoms with Crippen LogP contribution >= 0.6 is 27.7 Å². The van der Waals surface area contributed by atoms with Crippen LogP contribution < -0.4 is 0 Å². The highest BCUT2D eigenvalue weighted by Crippen LogP contribution is 2.26. The molecular formula is C21H16BrN3O2S. The molecule has 0 atom stereocenters. The maximum Gasteiger partial charge on any atom is 0.200 e. The number of carbonyl (C=O) groups is 1. The first kappa shape index (κ1) is 18.7. The molecule has 2 heterocycles. The van der Waals surface area contributed by atoms with Crippen molar-refractivity contribution in [2.75, 3.05) is 5.75 Å². The fourth-order valence-electron chi connectivity index (χ4n) is 2.74. The normalized spacial score (nSPS) is 10.9. The molecule has 0 fully saturated rings. The van der Waals surface area contributed by atoms with Gasteiger partial charge in [0, 0.05) is 10.0 Å². The zero-order valence-corrected chi connectivity index (χ0v) is 17.2. The SMILES string of the molecule is O=C(CSc1nnc(-c2ccco2)n1Cc1ccccc1)c1ccc(Br)cc1. The molecule has 0 unspecified atom stereocenters. The van der Waals surface area contributed by atoms with E-state index in [9.17, 15) is 4.79 Å². The third-order valence-corrected chi connectivity index (χ3v) is 5.64. The van der Waals surface area contributed by atoms with Crippen molar-refractivity contribution >= 4 is 33.5 Å². The van der Waals surface area contributed by atoms with Gasteiger partial charge >= 0.3 is 0 Å². The van der Waals surface area contributed by atoms with Crippen LogP contribution in [0.2, 0.25) is 0 Å². The van der Waals surface area contributed by atoms with E-state index in [-0.39, 0.29) is 11.5 Å². The summed E-state index contributed by atoms with van der Waals surface area (Å²) in [5, 5.41) is 9.28. The number of hydrogen-bond donors (Lipinski definition) is 0. The quantitative estimate of drug-likeness (QED) is 0.279. The topological polar surface area (TPSA) is 60.9 Å². The molecule has 0 amide bonds. The maximum atomic E-state index is 12.5. The monoisotopic (exact) mass is 453 g/mol. The van der Waals surface area contributed by atoms with Crippen LogP contribution in [0, 0.1) is 0 Å². The van der Waals surface area contributed by atoms with Gasteiger partial charge in [-0.05, 0) is 29.8 Å². The fourth-order valence-corrected chi connectivity index (χ4v) is 3.84. The molecule has 0 saturated carbocycles. The van der Waals surface area contributed by atoms with E-state index in [1.165, 1.54) is 11.8 Å². The van der Waals surface area contributed by atoms with Gasteiger partial charge in [0.2, 0.25) is 5.82 Å². The summed E-state index contributed by atoms with van der Waals surface area (Å²) in [5.41, 5.74) is 1.80. The van der Waals surface area contributed by atoms with Crippen LogP contribution in [0.25, 0.3) is 11.6 Å². The van der Waals surface area contributed by atoms with Crippen molar-refractivity contribution < 1.29 is 9.21 Å². The van der Waals surface area contributed by atoms with Gasteiger partial charge < -0.3 is 4.42 Å². The van der Waals surface area contributed by atoms with Crippen LogP contribution in [0.15, 0.2) is 87.0 Å². The van der Waals surface area contributed by atoms with E-state index in [0.29, 0.717) is 28.8 Å². The summed E-state index contributed by atoms with van der Waals surface area (Å²) in [6, 6.07) is 21.1. The number of ketones is 1. The second-order valence-electron chi connectivity index (χ2n) is 6.07. The summed E-state index contributed by atoms with van der Waals surface area (Å²) >= 11 is 4.76. The Labute approximate surface area is 174 Å². The largest absolute Gasteiger partial charge is 0.461 e. The molecule has 28 heavy (non-hydrogen) atoms. The minimum atomic E-state index is 0.0475. The van der Waals surface area contributed by atoms with Gasteiger partial charge in [-0.2, -0.15) is 0 Å². The van der Waals surface area contributed by atoms with Gasteiger partial charge in [0.1, 0.15) is 0 Å². The van der Waals surface area contributed by atoms with Gasteiger partial charge in [-0.25, -0.2) is 0 Å². The van der Waals surface area contributed by atoms with E-state index in [1.54, 1.807) is 6.26 Å². The molecule has 0 spiro atoms. The standard InChI is InChI=1S/C21H16BrN3O2S/c22-17-10-8-16(9-11-17)18(26)14-28-21-24-23-20(19-7-4-12-27-19)25(21)13-15-5-2-1-3-6-15/h1-12H,13-14H2. The van der Waals surface area contributed by atoms with E-state index in [2.05, 4.69) is 26.1 Å². The maximum absolute atomic E-state index is 12.5. The summed E-state index contributed by atoms with van der Waals surface area (Å²) in [7, 11) is 0. The van der Waals surface area contributed by atoms with Crippen LogP contribution in [0.3, 0.4) is 0 Å². The second kappa shape index (κ2) is 8.58. The van der Waals surface area contributed by atoms with Crippen LogP contribution in [-0.4, -0.2) is 26.3 Å². The van der Waals surface area contributed by atoms with E-state index < -0.39 is 0 Å². The average molecular weight is 454 g/mol. The molecule has 7 heteroatoms. The number of aromatic nitrogens is 3. The van der Waals surface area contributed by atoms with E-state index in [4.69, 9.17) is 4.42 Å². The molecule has 0 saturated heterocycles. The molecule has 0 bridgehead atoms. The fraction of sp³-hybridized carbons (Fsp3) is 0.0952. The van der Waals surface area contributed by atoms with Gasteiger partial charge in [0.05, 0.1) is 18.6 Å². The van der Waals surface area contributed by atoms with Crippen molar-refractivity contribution in [3.63, 3.8) is 0 Å². The number of nitrogens with zero attached hydrogens (tertiary/aromatic N) is 3. The third kappa shape index (κ3) is 4.26. The lowest BCUT2D eigenvalue weighted by atomic mass is 10.2. The van der Waals surface area contributed by atoms with Gasteiger partial charge in [-0.1, -0.05) is 70.2 Å². The third-order valence-electron chi connectivity index (χ3n) is 4.14. The van der Waals surface area contributed by atoms with Crippen LogP contribution in [-0.2, 0) is 6.54 Å². The Balaban J connectivity index is 1.57. The Kier molecular flexibility index (Phi) is 5.73. The molecule has 4 aromatic rings. The molecule has 0 N–H and O–H groups in total. The lowest BCUT2D eigenvalue weighted by Gasteiger charge is -2.09. The minimum absolute atomic E-state index is 0.0475. The molecule has 0 aliphatic carbocycles. The van der Waals surface area contributed by atoms with Gasteiger partial charge in [-0.3, -0.25) is 9.36 Å². The number of furan rings is 1. The highest BCUT2D eigenvalue weighted by molar-refractivity contribution is 9.10. The predicted molar refractivity (Wildman–Crippen MR) is 112 cm³/mol. The average Bonchev–Trinajstić information content (AvgIpc) is 3.37. The molecule has 2 aromatic heterocycles. The minimum Gasteiger partial charge on any atom is -0.461 e. The lowest BCUT2D eigenvalue weighted by Crippen LogP contribution is -2.07. The number of benzene rings is 2. The number of hydrogen-bond acceptors (Lipinski definition) is 5. The Morgan fingerprint density at radius 3 is 2.50 bits per heavy atom. The first-order chi connectivity index (χ1) is 13.7. The highest BCUT2D eigenvalue weighted by atomic mass is 79.9. The zero-order valence-electron chi connectivity index (χ0n) is 14.8. The van der Waals surface area contributed by atoms with Crippen molar-refractivity contribution in [1.82, 2.24) is 14.8 Å². The summed E-state index contributed by atoms with van der Waals surface area (Å²) in [4.78, 5) is 12.5. The molecule has 0 aliphatic rings. The number of halogens is 1. The van der Waals surface area contributed by atoms with Crippen molar-refractivity contribution in [3.8, 4) is 11.6 Å². The van der Waals surface area contributed by atoms with E-state index >= 15 is 0 Å². The van der Waals surface area contributed by atoms with Gasteiger partial charge in [0.15, 0.2) is 16.7 Å². The smallest absolute Gasteiger partial charge is 0.200 e. The Bertz CT molecular complexity index is 1060. The summed E-state index contributed by atoms with van der Waals surface area (Å²) in [6.07, 6.45) is 1.61. The summed E-state index contributed by atoms with van der Waals surface area (Å²) in [6.45, 7) is 0.596. The second-order valence-corrected chi connectivity index (χ2v) is 7.93. The van der Waals surface area contributed by atoms with Crippen LogP contribution in [0.4, 0.5) is 0 Å². The van der Waals surface area contributed by atoms with E-state index in [1.807, 2.05) is 71.3 Å². The van der Waals surface area contributed by atoms with Crippen molar-refractivity contribution in [3.05, 3.63) is 88.6 Å². The number of Topliss-reactive ketones (excluding diaryl/α,β-unsaturated/α-hetero) is 1. The van der Waals surface area contributed by atoms with Gasteiger partial charge in [0.25, 0.3) is 0 Å². The number of carbonyl (C=O) groups excluding carboxylic acids is 1. The van der Waals surface area contributed by atoms with Crippen LogP contribution in [0.5, 0.6) is 0 Å². The Morgan fingerprint density at radius 1 is 1.00 bits per heavy atom. The summed E-state index contributed by atoms with van der Waals surface area (Å²) < 4.78 is 8.44. The molecule has 2 aromatic carbocycles. The van der Waals surface area contributed by atoms with Crippen molar-refractivity contribution in [2.45, 2.75) is 11.7 Å².